The lowest BCUT2D eigenvalue weighted by Crippen LogP contribution is -2.65. The molecule has 1 N–H and O–H groups in total. The second-order valence-corrected chi connectivity index (χ2v) is 7.25. The Morgan fingerprint density at radius 1 is 1.48 bits per heavy atom. The smallest absolute Gasteiger partial charge is 0.0338 e. The lowest BCUT2D eigenvalue weighted by molar-refractivity contribution is 0.0165. The number of nitrogens with zero attached hydrogens (tertiary/aromatic N) is 2. The molecule has 3 atom stereocenters. The van der Waals surface area contributed by atoms with Gasteiger partial charge in [0.2, 0.25) is 0 Å². The third-order valence-corrected chi connectivity index (χ3v) is 5.75. The average Bonchev–Trinajstić information content (AvgIpc) is 3.35. The van der Waals surface area contributed by atoms with Gasteiger partial charge in [0.15, 0.2) is 0 Å². The predicted octanol–water partition coefficient (Wildman–Crippen LogP) is 3.07. The number of hydrogen-bond acceptors (Lipinski definition) is 3. The molecule has 0 aromatic carbocycles. The second kappa shape index (κ2) is 6.05. The third-order valence-electron chi connectivity index (χ3n) is 5.75. The highest BCUT2D eigenvalue weighted by atomic mass is 15.3. The van der Waals surface area contributed by atoms with Gasteiger partial charge in [-0.15, -0.1) is 0 Å². The normalized spacial score (nSPS) is 32.0. The maximum atomic E-state index is 4.29. The van der Waals surface area contributed by atoms with Gasteiger partial charge in [0.1, 0.15) is 0 Å². The SMILES string of the molecule is CCC(C)C1CN(Cc2cccnc2)C(C)(C2CC2)CN1. The second-order valence-electron chi connectivity index (χ2n) is 7.25. The van der Waals surface area contributed by atoms with Gasteiger partial charge >= 0.3 is 0 Å². The van der Waals surface area contributed by atoms with E-state index in [1.54, 1.807) is 0 Å². The molecule has 2 aliphatic rings. The van der Waals surface area contributed by atoms with Gasteiger partial charge in [-0.2, -0.15) is 0 Å². The van der Waals surface area contributed by atoms with Gasteiger partial charge in [-0.25, -0.2) is 0 Å². The van der Waals surface area contributed by atoms with Crippen LogP contribution in [-0.4, -0.2) is 34.6 Å². The number of piperazine rings is 1. The van der Waals surface area contributed by atoms with E-state index >= 15 is 0 Å². The van der Waals surface area contributed by atoms with Gasteiger partial charge in [-0.05, 0) is 43.2 Å². The van der Waals surface area contributed by atoms with Crippen molar-refractivity contribution < 1.29 is 0 Å². The van der Waals surface area contributed by atoms with E-state index in [4.69, 9.17) is 0 Å². The van der Waals surface area contributed by atoms with Crippen LogP contribution in [0.1, 0.15) is 45.6 Å². The van der Waals surface area contributed by atoms with E-state index in [1.807, 2.05) is 12.4 Å². The molecule has 3 unspecified atom stereocenters. The lowest BCUT2D eigenvalue weighted by atomic mass is 9.86. The quantitative estimate of drug-likeness (QED) is 0.902. The van der Waals surface area contributed by atoms with Crippen LogP contribution in [0.4, 0.5) is 0 Å². The molecule has 0 amide bonds. The monoisotopic (exact) mass is 287 g/mol. The van der Waals surface area contributed by atoms with E-state index in [9.17, 15) is 0 Å². The summed E-state index contributed by atoms with van der Waals surface area (Å²) in [6.07, 6.45) is 7.93. The molecule has 3 rings (SSSR count). The number of rotatable bonds is 5. The van der Waals surface area contributed by atoms with Crippen LogP contribution in [0.2, 0.25) is 0 Å². The standard InChI is InChI=1S/C18H29N3/c1-4-14(2)17-12-21(11-15-6-5-9-19-10-15)18(3,13-20-17)16-7-8-16/h5-6,9-10,14,16-17,20H,4,7-8,11-13H2,1-3H3. The van der Waals surface area contributed by atoms with Crippen molar-refractivity contribution >= 4 is 0 Å². The Labute approximate surface area is 129 Å². The fourth-order valence-electron chi connectivity index (χ4n) is 3.69. The zero-order valence-electron chi connectivity index (χ0n) is 13.7. The fraction of sp³-hybridized carbons (Fsp3) is 0.722. The van der Waals surface area contributed by atoms with Crippen LogP contribution in [-0.2, 0) is 6.54 Å². The maximum absolute atomic E-state index is 4.29. The summed E-state index contributed by atoms with van der Waals surface area (Å²) in [6.45, 7) is 10.5. The third kappa shape index (κ3) is 3.14. The van der Waals surface area contributed by atoms with E-state index in [-0.39, 0.29) is 0 Å². The summed E-state index contributed by atoms with van der Waals surface area (Å²) in [7, 11) is 0. The summed E-state index contributed by atoms with van der Waals surface area (Å²) in [5, 5.41) is 3.84. The highest BCUT2D eigenvalue weighted by molar-refractivity contribution is 5.12. The van der Waals surface area contributed by atoms with E-state index in [2.05, 4.69) is 48.1 Å². The molecule has 116 valence electrons. The maximum Gasteiger partial charge on any atom is 0.0338 e. The summed E-state index contributed by atoms with van der Waals surface area (Å²) < 4.78 is 0. The number of aromatic nitrogens is 1. The Balaban J connectivity index is 1.76. The average molecular weight is 287 g/mol. The molecule has 1 aromatic heterocycles. The first-order chi connectivity index (χ1) is 10.1. The molecule has 2 fully saturated rings. The Bertz CT molecular complexity index is 457. The van der Waals surface area contributed by atoms with Crippen LogP contribution in [0.5, 0.6) is 0 Å². The van der Waals surface area contributed by atoms with Crippen LogP contribution in [0.15, 0.2) is 24.5 Å². The summed E-state index contributed by atoms with van der Waals surface area (Å²) in [5.41, 5.74) is 1.66. The van der Waals surface area contributed by atoms with Crippen molar-refractivity contribution in [3.05, 3.63) is 30.1 Å². The van der Waals surface area contributed by atoms with Gasteiger partial charge in [0.25, 0.3) is 0 Å². The minimum atomic E-state index is 0.319. The molecule has 1 aromatic rings. The van der Waals surface area contributed by atoms with Crippen LogP contribution < -0.4 is 5.32 Å². The van der Waals surface area contributed by atoms with Crippen molar-refractivity contribution in [3.8, 4) is 0 Å². The van der Waals surface area contributed by atoms with Gasteiger partial charge in [0.05, 0.1) is 0 Å². The van der Waals surface area contributed by atoms with Gasteiger partial charge in [0, 0.05) is 43.6 Å². The van der Waals surface area contributed by atoms with E-state index in [1.165, 1.54) is 24.8 Å². The van der Waals surface area contributed by atoms with Gasteiger partial charge < -0.3 is 5.32 Å². The molecule has 1 saturated carbocycles. The molecule has 21 heavy (non-hydrogen) atoms. The van der Waals surface area contributed by atoms with E-state index in [0.717, 1.165) is 31.5 Å². The van der Waals surface area contributed by atoms with Crippen LogP contribution in [0.25, 0.3) is 0 Å². The number of pyridine rings is 1. The molecular formula is C18H29N3. The van der Waals surface area contributed by atoms with Crippen LogP contribution in [0.3, 0.4) is 0 Å². The van der Waals surface area contributed by atoms with E-state index in [0.29, 0.717) is 11.6 Å². The number of hydrogen-bond donors (Lipinski definition) is 1. The molecular weight excluding hydrogens is 258 g/mol. The first-order valence-corrected chi connectivity index (χ1v) is 8.51. The van der Waals surface area contributed by atoms with Crippen molar-refractivity contribution in [2.24, 2.45) is 11.8 Å². The van der Waals surface area contributed by atoms with E-state index < -0.39 is 0 Å². The number of nitrogens with one attached hydrogen (secondary N) is 1. The Kier molecular flexibility index (Phi) is 4.32. The molecule has 0 spiro atoms. The minimum Gasteiger partial charge on any atom is -0.311 e. The first-order valence-electron chi connectivity index (χ1n) is 8.51. The van der Waals surface area contributed by atoms with Gasteiger partial charge in [-0.3, -0.25) is 9.88 Å². The topological polar surface area (TPSA) is 28.2 Å². The van der Waals surface area contributed by atoms with Crippen molar-refractivity contribution in [1.82, 2.24) is 15.2 Å². The highest BCUT2D eigenvalue weighted by Crippen LogP contribution is 2.44. The lowest BCUT2D eigenvalue weighted by Gasteiger charge is -2.50. The Morgan fingerprint density at radius 2 is 2.29 bits per heavy atom. The zero-order valence-corrected chi connectivity index (χ0v) is 13.7. The minimum absolute atomic E-state index is 0.319. The van der Waals surface area contributed by atoms with Crippen LogP contribution >= 0.6 is 0 Å². The highest BCUT2D eigenvalue weighted by Gasteiger charge is 2.48. The molecule has 0 bridgehead atoms. The Hall–Kier alpha value is -0.930. The molecule has 1 aliphatic carbocycles. The fourth-order valence-corrected chi connectivity index (χ4v) is 3.69. The van der Waals surface area contributed by atoms with Gasteiger partial charge in [-0.1, -0.05) is 26.3 Å². The summed E-state index contributed by atoms with van der Waals surface area (Å²) in [4.78, 5) is 7.02. The summed E-state index contributed by atoms with van der Waals surface area (Å²) >= 11 is 0. The summed E-state index contributed by atoms with van der Waals surface area (Å²) in [6, 6.07) is 4.89. The first kappa shape index (κ1) is 15.0. The predicted molar refractivity (Wildman–Crippen MR) is 87.0 cm³/mol. The summed E-state index contributed by atoms with van der Waals surface area (Å²) in [5.74, 6) is 1.62. The largest absolute Gasteiger partial charge is 0.311 e. The van der Waals surface area contributed by atoms with Crippen molar-refractivity contribution in [2.75, 3.05) is 13.1 Å². The molecule has 3 heteroatoms. The molecule has 2 heterocycles. The molecule has 1 saturated heterocycles. The Morgan fingerprint density at radius 3 is 2.90 bits per heavy atom. The van der Waals surface area contributed by atoms with Crippen molar-refractivity contribution in [3.63, 3.8) is 0 Å². The molecule has 1 aliphatic heterocycles. The van der Waals surface area contributed by atoms with Crippen molar-refractivity contribution in [2.45, 2.75) is 58.2 Å². The van der Waals surface area contributed by atoms with Crippen LogP contribution in [0, 0.1) is 11.8 Å². The van der Waals surface area contributed by atoms with Crippen molar-refractivity contribution in [1.29, 1.82) is 0 Å². The zero-order chi connectivity index (χ0) is 14.9. The molecule has 3 nitrogen and oxygen atoms in total. The molecule has 0 radical (unpaired) electrons.